The second-order valence-corrected chi connectivity index (χ2v) is 5.29. The molecule has 1 aliphatic heterocycles. The van der Waals surface area contributed by atoms with Crippen LogP contribution in [0.4, 0.5) is 0 Å². The number of esters is 1. The van der Waals surface area contributed by atoms with E-state index in [0.29, 0.717) is 23.4 Å². The number of amides is 2. The summed E-state index contributed by atoms with van der Waals surface area (Å²) in [6.07, 6.45) is 0.410. The SMILES string of the molecule is Cc1nnc(COC(=O)CCCN2C(=O)c3ccccc3C2=O)o1. The first kappa shape index (κ1) is 15.9. The van der Waals surface area contributed by atoms with E-state index in [1.807, 2.05) is 0 Å². The van der Waals surface area contributed by atoms with Gasteiger partial charge in [-0.3, -0.25) is 19.3 Å². The summed E-state index contributed by atoms with van der Waals surface area (Å²) in [6, 6.07) is 6.67. The fourth-order valence-electron chi connectivity index (χ4n) is 2.43. The predicted octanol–water partition coefficient (Wildman–Crippen LogP) is 1.50. The zero-order valence-electron chi connectivity index (χ0n) is 13.0. The molecule has 1 aromatic carbocycles. The number of benzene rings is 1. The van der Waals surface area contributed by atoms with Crippen LogP contribution in [0.1, 0.15) is 45.3 Å². The molecule has 0 saturated heterocycles. The van der Waals surface area contributed by atoms with Crippen LogP contribution in [0.3, 0.4) is 0 Å². The van der Waals surface area contributed by atoms with Crippen molar-refractivity contribution in [2.75, 3.05) is 6.54 Å². The molecule has 0 atom stereocenters. The summed E-state index contributed by atoms with van der Waals surface area (Å²) in [5, 5.41) is 7.34. The van der Waals surface area contributed by atoms with Crippen molar-refractivity contribution in [1.29, 1.82) is 0 Å². The van der Waals surface area contributed by atoms with E-state index in [1.165, 1.54) is 0 Å². The molecule has 0 N–H and O–H groups in total. The molecule has 24 heavy (non-hydrogen) atoms. The molecule has 2 amide bonds. The Bertz CT molecular complexity index is 764. The van der Waals surface area contributed by atoms with Crippen molar-refractivity contribution < 1.29 is 23.5 Å². The van der Waals surface area contributed by atoms with Gasteiger partial charge in [0, 0.05) is 19.9 Å². The first-order valence-corrected chi connectivity index (χ1v) is 7.46. The van der Waals surface area contributed by atoms with Gasteiger partial charge in [0.2, 0.25) is 5.89 Å². The van der Waals surface area contributed by atoms with Gasteiger partial charge in [-0.25, -0.2) is 0 Å². The van der Waals surface area contributed by atoms with E-state index in [1.54, 1.807) is 31.2 Å². The Morgan fingerprint density at radius 3 is 2.42 bits per heavy atom. The number of imide groups is 1. The summed E-state index contributed by atoms with van der Waals surface area (Å²) in [6.45, 7) is 1.72. The summed E-state index contributed by atoms with van der Waals surface area (Å²) >= 11 is 0. The first-order chi connectivity index (χ1) is 11.6. The van der Waals surface area contributed by atoms with Crippen molar-refractivity contribution in [3.63, 3.8) is 0 Å². The van der Waals surface area contributed by atoms with Crippen molar-refractivity contribution in [3.8, 4) is 0 Å². The molecule has 0 bridgehead atoms. The molecular weight excluding hydrogens is 314 g/mol. The van der Waals surface area contributed by atoms with Crippen LogP contribution in [0.25, 0.3) is 0 Å². The molecule has 8 nitrogen and oxygen atoms in total. The molecule has 2 heterocycles. The Morgan fingerprint density at radius 2 is 1.83 bits per heavy atom. The number of carbonyl (C=O) groups is 3. The number of ether oxygens (including phenoxy) is 1. The summed E-state index contributed by atoms with van der Waals surface area (Å²) in [7, 11) is 0. The minimum absolute atomic E-state index is 0.0839. The smallest absolute Gasteiger partial charge is 0.306 e. The van der Waals surface area contributed by atoms with Crippen molar-refractivity contribution >= 4 is 17.8 Å². The number of carbonyl (C=O) groups excluding carboxylic acids is 3. The third-order valence-corrected chi connectivity index (χ3v) is 3.57. The second-order valence-electron chi connectivity index (χ2n) is 5.29. The highest BCUT2D eigenvalue weighted by atomic mass is 16.5. The third-order valence-electron chi connectivity index (χ3n) is 3.57. The number of fused-ring (bicyclic) bond motifs is 1. The fraction of sp³-hybridized carbons (Fsp3) is 0.312. The lowest BCUT2D eigenvalue weighted by atomic mass is 10.1. The molecule has 0 fully saturated rings. The van der Waals surface area contributed by atoms with Crippen LogP contribution in [-0.4, -0.2) is 39.4 Å². The maximum Gasteiger partial charge on any atom is 0.306 e. The van der Waals surface area contributed by atoms with E-state index >= 15 is 0 Å². The van der Waals surface area contributed by atoms with Crippen molar-refractivity contribution in [3.05, 3.63) is 47.2 Å². The molecule has 2 aromatic rings. The van der Waals surface area contributed by atoms with Crippen LogP contribution in [0.15, 0.2) is 28.7 Å². The van der Waals surface area contributed by atoms with Gasteiger partial charge in [-0.15, -0.1) is 10.2 Å². The van der Waals surface area contributed by atoms with Crippen molar-refractivity contribution in [2.24, 2.45) is 0 Å². The van der Waals surface area contributed by atoms with Gasteiger partial charge in [-0.2, -0.15) is 0 Å². The Hall–Kier alpha value is -3.03. The summed E-state index contributed by atoms with van der Waals surface area (Å²) in [5.41, 5.74) is 0.800. The minimum Gasteiger partial charge on any atom is -0.456 e. The largest absolute Gasteiger partial charge is 0.456 e. The van der Waals surface area contributed by atoms with Gasteiger partial charge in [-0.1, -0.05) is 12.1 Å². The normalized spacial score (nSPS) is 13.3. The number of aryl methyl sites for hydroxylation is 1. The summed E-state index contributed by atoms with van der Waals surface area (Å²) < 4.78 is 10.1. The molecule has 0 aliphatic carbocycles. The third kappa shape index (κ3) is 3.17. The van der Waals surface area contributed by atoms with E-state index in [-0.39, 0.29) is 37.3 Å². The van der Waals surface area contributed by atoms with Crippen LogP contribution >= 0.6 is 0 Å². The van der Waals surface area contributed by atoms with Crippen LogP contribution in [0, 0.1) is 6.92 Å². The van der Waals surface area contributed by atoms with E-state index in [4.69, 9.17) is 9.15 Å². The topological polar surface area (TPSA) is 103 Å². The van der Waals surface area contributed by atoms with E-state index < -0.39 is 5.97 Å². The van der Waals surface area contributed by atoms with E-state index in [2.05, 4.69) is 10.2 Å². The highest BCUT2D eigenvalue weighted by Crippen LogP contribution is 2.22. The molecule has 3 rings (SSSR count). The molecule has 0 unspecified atom stereocenters. The maximum atomic E-state index is 12.2. The Balaban J connectivity index is 1.46. The van der Waals surface area contributed by atoms with Crippen LogP contribution in [0.2, 0.25) is 0 Å². The lowest BCUT2D eigenvalue weighted by Gasteiger charge is -2.13. The molecule has 0 radical (unpaired) electrons. The number of nitrogens with zero attached hydrogens (tertiary/aromatic N) is 3. The van der Waals surface area contributed by atoms with E-state index in [9.17, 15) is 14.4 Å². The summed E-state index contributed by atoms with van der Waals surface area (Å²) in [4.78, 5) is 37.1. The van der Waals surface area contributed by atoms with Crippen molar-refractivity contribution in [1.82, 2.24) is 15.1 Å². The predicted molar refractivity (Wildman–Crippen MR) is 79.9 cm³/mol. The molecule has 0 saturated carbocycles. The molecule has 124 valence electrons. The average molecular weight is 329 g/mol. The second kappa shape index (κ2) is 6.61. The lowest BCUT2D eigenvalue weighted by Crippen LogP contribution is -2.31. The Kier molecular flexibility index (Phi) is 4.37. The molecular formula is C16H15N3O5. The van der Waals surface area contributed by atoms with Gasteiger partial charge in [0.1, 0.15) is 0 Å². The van der Waals surface area contributed by atoms with Gasteiger partial charge >= 0.3 is 5.97 Å². The Labute approximate surface area is 137 Å². The molecule has 8 heteroatoms. The zero-order chi connectivity index (χ0) is 17.1. The van der Waals surface area contributed by atoms with Gasteiger partial charge in [-0.05, 0) is 18.6 Å². The monoisotopic (exact) mass is 329 g/mol. The molecule has 1 aliphatic rings. The van der Waals surface area contributed by atoms with E-state index in [0.717, 1.165) is 4.90 Å². The summed E-state index contributed by atoms with van der Waals surface area (Å²) in [5.74, 6) is -0.495. The lowest BCUT2D eigenvalue weighted by molar-refractivity contribution is -0.145. The first-order valence-electron chi connectivity index (χ1n) is 7.46. The maximum absolute atomic E-state index is 12.2. The van der Waals surface area contributed by atoms with Gasteiger partial charge in [0.15, 0.2) is 6.61 Å². The minimum atomic E-state index is -0.456. The van der Waals surface area contributed by atoms with Gasteiger partial charge in [0.05, 0.1) is 11.1 Å². The number of hydrogen-bond donors (Lipinski definition) is 0. The number of hydrogen-bond acceptors (Lipinski definition) is 7. The molecule has 1 aromatic heterocycles. The Morgan fingerprint density at radius 1 is 1.17 bits per heavy atom. The number of aromatic nitrogens is 2. The van der Waals surface area contributed by atoms with Crippen LogP contribution < -0.4 is 0 Å². The van der Waals surface area contributed by atoms with Gasteiger partial charge < -0.3 is 9.15 Å². The highest BCUT2D eigenvalue weighted by molar-refractivity contribution is 6.21. The molecule has 0 spiro atoms. The van der Waals surface area contributed by atoms with Gasteiger partial charge in [0.25, 0.3) is 17.7 Å². The highest BCUT2D eigenvalue weighted by Gasteiger charge is 2.34. The number of rotatable bonds is 6. The van der Waals surface area contributed by atoms with Crippen LogP contribution in [0.5, 0.6) is 0 Å². The average Bonchev–Trinajstić information content (AvgIpc) is 3.10. The quantitative estimate of drug-likeness (QED) is 0.584. The van der Waals surface area contributed by atoms with Crippen molar-refractivity contribution in [2.45, 2.75) is 26.4 Å². The fourth-order valence-corrected chi connectivity index (χ4v) is 2.43. The zero-order valence-corrected chi connectivity index (χ0v) is 13.0. The standard InChI is InChI=1S/C16H15N3O5/c1-10-17-18-13(24-10)9-23-14(20)7-4-8-19-15(21)11-5-2-3-6-12(11)16(19)22/h2-3,5-6H,4,7-9H2,1H3. The van der Waals surface area contributed by atoms with Crippen LogP contribution in [-0.2, 0) is 16.1 Å².